The van der Waals surface area contributed by atoms with Gasteiger partial charge in [-0.2, -0.15) is 0 Å². The highest BCUT2D eigenvalue weighted by Gasteiger charge is 2.22. The summed E-state index contributed by atoms with van der Waals surface area (Å²) in [6, 6.07) is 25.1. The average Bonchev–Trinajstić information content (AvgIpc) is 2.78. The van der Waals surface area contributed by atoms with Gasteiger partial charge in [-0.3, -0.25) is 0 Å². The first kappa shape index (κ1) is 20.8. The van der Waals surface area contributed by atoms with Crippen molar-refractivity contribution in [3.8, 4) is 5.75 Å². The molecule has 1 heterocycles. The maximum Gasteiger partial charge on any atom is 0.154 e. The van der Waals surface area contributed by atoms with Crippen molar-refractivity contribution in [3.63, 3.8) is 0 Å². The topological polar surface area (TPSA) is 41.9 Å². The minimum Gasteiger partial charge on any atom is -0.492 e. The molecular formula is C25H27NO3S. The normalized spacial score (nSPS) is 13.5. The molecule has 156 valence electrons. The molecule has 3 aromatic rings. The van der Waals surface area contributed by atoms with Crippen molar-refractivity contribution in [2.75, 3.05) is 24.7 Å². The number of aliphatic hydroxyl groups excluding tert-OH is 1. The number of aliphatic hydroxyl groups is 1. The zero-order chi connectivity index (χ0) is 20.8. The zero-order valence-corrected chi connectivity index (χ0v) is 18.0. The van der Waals surface area contributed by atoms with Gasteiger partial charge in [0.2, 0.25) is 0 Å². The van der Waals surface area contributed by atoms with Crippen LogP contribution in [0, 0.1) is 0 Å². The Kier molecular flexibility index (Phi) is 6.95. The third kappa shape index (κ3) is 4.98. The molecule has 0 bridgehead atoms. The second kappa shape index (κ2) is 10.0. The smallest absolute Gasteiger partial charge is 0.154 e. The van der Waals surface area contributed by atoms with Gasteiger partial charge < -0.3 is 19.5 Å². The van der Waals surface area contributed by atoms with E-state index in [2.05, 4.69) is 65.6 Å². The average molecular weight is 422 g/mol. The Morgan fingerprint density at radius 2 is 1.53 bits per heavy atom. The number of benzene rings is 3. The van der Waals surface area contributed by atoms with Crippen molar-refractivity contribution in [1.29, 1.82) is 0 Å². The van der Waals surface area contributed by atoms with Gasteiger partial charge in [-0.05, 0) is 55.3 Å². The van der Waals surface area contributed by atoms with Gasteiger partial charge in [0.25, 0.3) is 0 Å². The van der Waals surface area contributed by atoms with E-state index in [0.29, 0.717) is 19.6 Å². The van der Waals surface area contributed by atoms with Crippen LogP contribution in [0.3, 0.4) is 0 Å². The molecule has 0 saturated carbocycles. The number of hydrogen-bond acceptors (Lipinski definition) is 5. The molecule has 4 nitrogen and oxygen atoms in total. The summed E-state index contributed by atoms with van der Waals surface area (Å²) in [7, 11) is 0. The third-order valence-corrected chi connectivity index (χ3v) is 6.21. The molecule has 0 fully saturated rings. The minimum atomic E-state index is -0.695. The maximum absolute atomic E-state index is 9.69. The first-order valence-electron chi connectivity index (χ1n) is 10.4. The predicted octanol–water partition coefficient (Wildman–Crippen LogP) is 5.66. The number of anilines is 2. The number of fused-ring (bicyclic) bond motifs is 2. The first-order valence-corrected chi connectivity index (χ1v) is 11.2. The molecule has 0 aliphatic carbocycles. The van der Waals surface area contributed by atoms with Crippen LogP contribution in [0.4, 0.5) is 11.4 Å². The van der Waals surface area contributed by atoms with E-state index in [-0.39, 0.29) is 0 Å². The Balaban J connectivity index is 1.36. The molecule has 1 aliphatic rings. The van der Waals surface area contributed by atoms with Gasteiger partial charge in [-0.25, -0.2) is 0 Å². The summed E-state index contributed by atoms with van der Waals surface area (Å²) in [5, 5.41) is 9.69. The van der Waals surface area contributed by atoms with E-state index in [9.17, 15) is 5.11 Å². The van der Waals surface area contributed by atoms with Crippen molar-refractivity contribution >= 4 is 23.1 Å². The van der Waals surface area contributed by atoms with E-state index in [1.54, 1.807) is 0 Å². The number of aryl methyl sites for hydroxylation is 1. The second-order valence-electron chi connectivity index (χ2n) is 7.13. The van der Waals surface area contributed by atoms with Crippen LogP contribution in [0.1, 0.15) is 18.9 Å². The number of nitrogens with zero attached hydrogens (tertiary/aromatic N) is 1. The molecule has 0 aromatic heterocycles. The van der Waals surface area contributed by atoms with Gasteiger partial charge in [0.05, 0.1) is 17.9 Å². The summed E-state index contributed by atoms with van der Waals surface area (Å²) in [6.07, 6.45) is 0.680. The van der Waals surface area contributed by atoms with Gasteiger partial charge >= 0.3 is 0 Å². The Bertz CT molecular complexity index is 915. The van der Waals surface area contributed by atoms with Crippen molar-refractivity contribution in [2.45, 2.75) is 35.8 Å². The van der Waals surface area contributed by atoms with Crippen molar-refractivity contribution in [1.82, 2.24) is 0 Å². The summed E-state index contributed by atoms with van der Waals surface area (Å²) < 4.78 is 11.2. The first-order chi connectivity index (χ1) is 14.7. The Morgan fingerprint density at radius 1 is 0.900 bits per heavy atom. The van der Waals surface area contributed by atoms with Crippen LogP contribution in [0.15, 0.2) is 82.6 Å². The van der Waals surface area contributed by atoms with E-state index in [1.165, 1.54) is 21.2 Å². The Hall–Kier alpha value is -2.47. The highest BCUT2D eigenvalue weighted by Crippen LogP contribution is 2.47. The summed E-state index contributed by atoms with van der Waals surface area (Å²) in [5.41, 5.74) is 3.62. The van der Waals surface area contributed by atoms with Crippen LogP contribution < -0.4 is 9.64 Å². The van der Waals surface area contributed by atoms with Crippen LogP contribution >= 0.6 is 11.8 Å². The molecule has 30 heavy (non-hydrogen) atoms. The van der Waals surface area contributed by atoms with Gasteiger partial charge in [-0.15, -0.1) is 0 Å². The van der Waals surface area contributed by atoms with Crippen LogP contribution in [0.5, 0.6) is 5.75 Å². The summed E-state index contributed by atoms with van der Waals surface area (Å²) in [5.74, 6) is 0.858. The molecule has 0 amide bonds. The van der Waals surface area contributed by atoms with Crippen molar-refractivity contribution < 1.29 is 14.6 Å². The van der Waals surface area contributed by atoms with E-state index >= 15 is 0 Å². The lowest BCUT2D eigenvalue weighted by Gasteiger charge is -2.32. The fourth-order valence-corrected chi connectivity index (χ4v) is 4.69. The van der Waals surface area contributed by atoms with E-state index in [0.717, 1.165) is 24.3 Å². The lowest BCUT2D eigenvalue weighted by atomic mass is 10.1. The van der Waals surface area contributed by atoms with Gasteiger partial charge in [-0.1, -0.05) is 48.2 Å². The summed E-state index contributed by atoms with van der Waals surface area (Å²) in [6.45, 7) is 3.78. The Labute approximate surface area is 182 Å². The maximum atomic E-state index is 9.69. The molecule has 1 aliphatic heterocycles. The number of hydrogen-bond donors (Lipinski definition) is 1. The summed E-state index contributed by atoms with van der Waals surface area (Å²) >= 11 is 1.82. The SMILES string of the molecule is CCOC(O)CCc1ccc(OCCN2c3ccccc3Sc3ccccc32)cc1. The highest BCUT2D eigenvalue weighted by atomic mass is 32.2. The molecule has 0 radical (unpaired) electrons. The number of para-hydroxylation sites is 2. The lowest BCUT2D eigenvalue weighted by Crippen LogP contribution is -2.26. The standard InChI is InChI=1S/C25H27NO3S/c1-2-28-25(27)16-13-19-11-14-20(15-12-19)29-18-17-26-21-7-3-5-9-23(21)30-24-10-6-4-8-22(24)26/h3-12,14-15,25,27H,2,13,16-18H2,1H3. The lowest BCUT2D eigenvalue weighted by molar-refractivity contribution is -0.0980. The predicted molar refractivity (Wildman–Crippen MR) is 122 cm³/mol. The fraction of sp³-hybridized carbons (Fsp3) is 0.280. The van der Waals surface area contributed by atoms with Crippen LogP contribution in [0.25, 0.3) is 0 Å². The number of rotatable bonds is 9. The van der Waals surface area contributed by atoms with Crippen LogP contribution in [-0.2, 0) is 11.2 Å². The molecule has 0 saturated heterocycles. The quantitative estimate of drug-likeness (QED) is 0.452. The molecule has 1 N–H and O–H groups in total. The minimum absolute atomic E-state index is 0.526. The monoisotopic (exact) mass is 421 g/mol. The molecule has 0 spiro atoms. The largest absolute Gasteiger partial charge is 0.492 e. The Morgan fingerprint density at radius 3 is 2.17 bits per heavy atom. The molecule has 3 aromatic carbocycles. The van der Waals surface area contributed by atoms with E-state index in [4.69, 9.17) is 9.47 Å². The van der Waals surface area contributed by atoms with Gasteiger partial charge in [0.15, 0.2) is 6.29 Å². The molecule has 5 heteroatoms. The zero-order valence-electron chi connectivity index (χ0n) is 17.2. The van der Waals surface area contributed by atoms with Crippen LogP contribution in [-0.4, -0.2) is 31.2 Å². The van der Waals surface area contributed by atoms with Gasteiger partial charge in [0.1, 0.15) is 12.4 Å². The number of ether oxygens (including phenoxy) is 2. The molecule has 4 rings (SSSR count). The summed E-state index contributed by atoms with van der Waals surface area (Å²) in [4.78, 5) is 4.88. The van der Waals surface area contributed by atoms with E-state index in [1.807, 2.05) is 30.8 Å². The molecular weight excluding hydrogens is 394 g/mol. The fourth-order valence-electron chi connectivity index (χ4n) is 3.60. The molecule has 1 unspecified atom stereocenters. The van der Waals surface area contributed by atoms with Gasteiger partial charge in [0, 0.05) is 22.8 Å². The third-order valence-electron chi connectivity index (χ3n) is 5.08. The van der Waals surface area contributed by atoms with Crippen LogP contribution in [0.2, 0.25) is 0 Å². The van der Waals surface area contributed by atoms with Crippen molar-refractivity contribution in [2.24, 2.45) is 0 Å². The van der Waals surface area contributed by atoms with E-state index < -0.39 is 6.29 Å². The van der Waals surface area contributed by atoms with Crippen molar-refractivity contribution in [3.05, 3.63) is 78.4 Å². The second-order valence-corrected chi connectivity index (χ2v) is 8.21. The highest BCUT2D eigenvalue weighted by molar-refractivity contribution is 7.99. The molecule has 1 atom stereocenters.